The first-order valence-corrected chi connectivity index (χ1v) is 4.40. The van der Waals surface area contributed by atoms with Gasteiger partial charge in [-0.25, -0.2) is 4.79 Å². The van der Waals surface area contributed by atoms with Gasteiger partial charge in [-0.2, -0.15) is 0 Å². The number of hydrogen-bond donors (Lipinski definition) is 1. The first-order valence-electron chi connectivity index (χ1n) is 4.40. The molecule has 0 aliphatic rings. The third kappa shape index (κ3) is 1.93. The van der Waals surface area contributed by atoms with Gasteiger partial charge in [0.2, 0.25) is 0 Å². The van der Waals surface area contributed by atoms with Crippen LogP contribution in [-0.2, 0) is 9.53 Å². The number of aliphatic hydroxyl groups is 1. The standard InChI is InChI=1S/C11H14O3/c1-7-5-4-6-9(8(7)2)10(12)11(13)14-3/h4-6,10,12H,1-3H3/t10-/m1/s1. The highest BCUT2D eigenvalue weighted by Gasteiger charge is 2.19. The molecular formula is C11H14O3. The van der Waals surface area contributed by atoms with Crippen LogP contribution in [-0.4, -0.2) is 18.2 Å². The first kappa shape index (κ1) is 10.7. The van der Waals surface area contributed by atoms with Gasteiger partial charge in [-0.05, 0) is 30.5 Å². The van der Waals surface area contributed by atoms with Gasteiger partial charge in [-0.3, -0.25) is 0 Å². The molecule has 0 aliphatic carbocycles. The molecule has 76 valence electrons. The summed E-state index contributed by atoms with van der Waals surface area (Å²) < 4.78 is 4.47. The molecule has 1 aromatic carbocycles. The molecule has 1 atom stereocenters. The predicted molar refractivity (Wildman–Crippen MR) is 52.9 cm³/mol. The minimum absolute atomic E-state index is 0.608. The molecule has 0 radical (unpaired) electrons. The normalized spacial score (nSPS) is 12.3. The van der Waals surface area contributed by atoms with Crippen LogP contribution >= 0.6 is 0 Å². The van der Waals surface area contributed by atoms with Gasteiger partial charge in [-0.1, -0.05) is 18.2 Å². The van der Waals surface area contributed by atoms with Crippen LogP contribution in [0.5, 0.6) is 0 Å². The molecule has 0 unspecified atom stereocenters. The maximum atomic E-state index is 11.1. The number of benzene rings is 1. The predicted octanol–water partition coefficient (Wildman–Crippen LogP) is 1.51. The number of methoxy groups -OCH3 is 1. The molecule has 1 aromatic rings. The summed E-state index contributed by atoms with van der Waals surface area (Å²) in [6.07, 6.45) is -1.18. The highest BCUT2D eigenvalue weighted by molar-refractivity contribution is 5.76. The SMILES string of the molecule is COC(=O)[C@H](O)c1cccc(C)c1C. The van der Waals surface area contributed by atoms with Crippen molar-refractivity contribution >= 4 is 5.97 Å². The van der Waals surface area contributed by atoms with Crippen molar-refractivity contribution in [1.82, 2.24) is 0 Å². The lowest BCUT2D eigenvalue weighted by Gasteiger charge is -2.12. The fraction of sp³-hybridized carbons (Fsp3) is 0.364. The second kappa shape index (κ2) is 4.24. The quantitative estimate of drug-likeness (QED) is 0.726. The average molecular weight is 194 g/mol. The van der Waals surface area contributed by atoms with Gasteiger partial charge < -0.3 is 9.84 Å². The van der Waals surface area contributed by atoms with E-state index < -0.39 is 12.1 Å². The Bertz CT molecular complexity index is 344. The summed E-state index contributed by atoms with van der Waals surface area (Å²) in [5, 5.41) is 9.62. The van der Waals surface area contributed by atoms with Gasteiger partial charge >= 0.3 is 5.97 Å². The summed E-state index contributed by atoms with van der Waals surface area (Å²) in [6, 6.07) is 5.47. The first-order chi connectivity index (χ1) is 6.57. The Kier molecular flexibility index (Phi) is 3.25. The molecule has 0 aromatic heterocycles. The van der Waals surface area contributed by atoms with Gasteiger partial charge in [0.25, 0.3) is 0 Å². The van der Waals surface area contributed by atoms with Crippen molar-refractivity contribution in [2.45, 2.75) is 20.0 Å². The number of carbonyl (C=O) groups is 1. The summed E-state index contributed by atoms with van der Waals surface area (Å²) >= 11 is 0. The molecule has 1 N–H and O–H groups in total. The van der Waals surface area contributed by atoms with E-state index in [2.05, 4.69) is 4.74 Å². The third-order valence-corrected chi connectivity index (χ3v) is 2.37. The molecule has 0 saturated carbocycles. The van der Waals surface area contributed by atoms with E-state index in [1.54, 1.807) is 6.07 Å². The zero-order valence-corrected chi connectivity index (χ0v) is 8.57. The molecule has 0 fully saturated rings. The van der Waals surface area contributed by atoms with Crippen LogP contribution in [0, 0.1) is 13.8 Å². The summed E-state index contributed by atoms with van der Waals surface area (Å²) in [4.78, 5) is 11.1. The van der Waals surface area contributed by atoms with E-state index in [-0.39, 0.29) is 0 Å². The van der Waals surface area contributed by atoms with Gasteiger partial charge in [0.15, 0.2) is 6.10 Å². The Hall–Kier alpha value is -1.35. The molecule has 3 nitrogen and oxygen atoms in total. The van der Waals surface area contributed by atoms with Crippen molar-refractivity contribution < 1.29 is 14.6 Å². The van der Waals surface area contributed by atoms with Gasteiger partial charge in [-0.15, -0.1) is 0 Å². The molecule has 0 spiro atoms. The van der Waals surface area contributed by atoms with E-state index in [1.165, 1.54) is 7.11 Å². The number of aliphatic hydroxyl groups excluding tert-OH is 1. The molecule has 0 amide bonds. The largest absolute Gasteiger partial charge is 0.467 e. The molecule has 0 heterocycles. The van der Waals surface area contributed by atoms with Crippen LogP contribution in [0.3, 0.4) is 0 Å². The van der Waals surface area contributed by atoms with Crippen LogP contribution in [0.15, 0.2) is 18.2 Å². The van der Waals surface area contributed by atoms with E-state index in [4.69, 9.17) is 0 Å². The summed E-state index contributed by atoms with van der Waals surface area (Å²) in [7, 11) is 1.26. The maximum Gasteiger partial charge on any atom is 0.339 e. The fourth-order valence-electron chi connectivity index (χ4n) is 1.31. The molecule has 14 heavy (non-hydrogen) atoms. The highest BCUT2D eigenvalue weighted by atomic mass is 16.5. The average Bonchev–Trinajstić information content (AvgIpc) is 2.20. The lowest BCUT2D eigenvalue weighted by molar-refractivity contribution is -0.150. The number of hydrogen-bond acceptors (Lipinski definition) is 3. The molecular weight excluding hydrogens is 180 g/mol. The lowest BCUT2D eigenvalue weighted by atomic mass is 9.99. The number of carbonyl (C=O) groups excluding carboxylic acids is 1. The van der Waals surface area contributed by atoms with Crippen LogP contribution in [0.4, 0.5) is 0 Å². The summed E-state index contributed by atoms with van der Waals surface area (Å²) in [6.45, 7) is 3.81. The highest BCUT2D eigenvalue weighted by Crippen LogP contribution is 2.20. The van der Waals surface area contributed by atoms with Crippen LogP contribution in [0.2, 0.25) is 0 Å². The summed E-state index contributed by atoms with van der Waals surface area (Å²) in [5.41, 5.74) is 2.58. The third-order valence-electron chi connectivity index (χ3n) is 2.37. The zero-order chi connectivity index (χ0) is 10.7. The number of rotatable bonds is 2. The van der Waals surface area contributed by atoms with Crippen molar-refractivity contribution in [3.05, 3.63) is 34.9 Å². The van der Waals surface area contributed by atoms with Crippen molar-refractivity contribution in [1.29, 1.82) is 0 Å². The Labute approximate surface area is 83.3 Å². The second-order valence-corrected chi connectivity index (χ2v) is 3.21. The molecule has 0 saturated heterocycles. The van der Waals surface area contributed by atoms with Crippen molar-refractivity contribution in [3.63, 3.8) is 0 Å². The Morgan fingerprint density at radius 1 is 1.43 bits per heavy atom. The van der Waals surface area contributed by atoms with E-state index >= 15 is 0 Å². The van der Waals surface area contributed by atoms with Gasteiger partial charge in [0.05, 0.1) is 7.11 Å². The maximum absolute atomic E-state index is 11.1. The minimum Gasteiger partial charge on any atom is -0.467 e. The molecule has 0 bridgehead atoms. The molecule has 3 heteroatoms. The fourth-order valence-corrected chi connectivity index (χ4v) is 1.31. The Morgan fingerprint density at radius 2 is 2.07 bits per heavy atom. The zero-order valence-electron chi connectivity index (χ0n) is 8.57. The lowest BCUT2D eigenvalue weighted by Crippen LogP contribution is -2.14. The Morgan fingerprint density at radius 3 is 2.64 bits per heavy atom. The number of ether oxygens (including phenoxy) is 1. The number of esters is 1. The topological polar surface area (TPSA) is 46.5 Å². The van der Waals surface area contributed by atoms with Crippen LogP contribution in [0.25, 0.3) is 0 Å². The van der Waals surface area contributed by atoms with E-state index in [1.807, 2.05) is 26.0 Å². The monoisotopic (exact) mass is 194 g/mol. The molecule has 0 aliphatic heterocycles. The smallest absolute Gasteiger partial charge is 0.339 e. The van der Waals surface area contributed by atoms with Crippen molar-refractivity contribution in [2.24, 2.45) is 0 Å². The van der Waals surface area contributed by atoms with Crippen LogP contribution < -0.4 is 0 Å². The van der Waals surface area contributed by atoms with Crippen LogP contribution in [0.1, 0.15) is 22.8 Å². The minimum atomic E-state index is -1.18. The van der Waals surface area contributed by atoms with E-state index in [0.29, 0.717) is 5.56 Å². The van der Waals surface area contributed by atoms with Gasteiger partial charge in [0, 0.05) is 0 Å². The van der Waals surface area contributed by atoms with E-state index in [0.717, 1.165) is 11.1 Å². The van der Waals surface area contributed by atoms with Crippen molar-refractivity contribution in [3.8, 4) is 0 Å². The van der Waals surface area contributed by atoms with Crippen molar-refractivity contribution in [2.75, 3.05) is 7.11 Å². The number of aryl methyl sites for hydroxylation is 1. The Balaban J connectivity index is 3.07. The molecule has 1 rings (SSSR count). The van der Waals surface area contributed by atoms with E-state index in [9.17, 15) is 9.90 Å². The summed E-state index contributed by atoms with van der Waals surface area (Å²) in [5.74, 6) is -0.626. The van der Waals surface area contributed by atoms with Gasteiger partial charge in [0.1, 0.15) is 0 Å². The second-order valence-electron chi connectivity index (χ2n) is 3.21.